The lowest BCUT2D eigenvalue weighted by Gasteiger charge is -2.26. The molecule has 1 unspecified atom stereocenters. The number of nitro groups is 1. The molecule has 2 fully saturated rings. The van der Waals surface area contributed by atoms with Gasteiger partial charge in [0.2, 0.25) is 17.7 Å². The Bertz CT molecular complexity index is 709. The molecule has 1 aromatic rings. The second-order valence-corrected chi connectivity index (χ2v) is 7.48. The minimum Gasteiger partial charge on any atom is -0.391 e. The van der Waals surface area contributed by atoms with E-state index in [0.29, 0.717) is 32.0 Å². The summed E-state index contributed by atoms with van der Waals surface area (Å²) in [5.41, 5.74) is 5.71. The van der Waals surface area contributed by atoms with Crippen LogP contribution in [0.25, 0.3) is 0 Å². The van der Waals surface area contributed by atoms with Crippen LogP contribution in [-0.2, 0) is 4.79 Å². The van der Waals surface area contributed by atoms with E-state index in [2.05, 4.69) is 20.6 Å². The van der Waals surface area contributed by atoms with Gasteiger partial charge in [0.15, 0.2) is 0 Å². The molecule has 5 N–H and O–H groups in total. The van der Waals surface area contributed by atoms with Crippen LogP contribution in [0.1, 0.15) is 32.1 Å². The number of carbonyl (C=O) groups excluding carboxylic acids is 1. The molecule has 1 saturated heterocycles. The maximum absolute atomic E-state index is 12.1. The van der Waals surface area contributed by atoms with Gasteiger partial charge in [-0.3, -0.25) is 14.9 Å². The molecule has 2 aliphatic rings. The normalized spacial score (nSPS) is 24.8. The fourth-order valence-corrected chi connectivity index (χ4v) is 3.59. The zero-order valence-electron chi connectivity index (χ0n) is 15.7. The molecular formula is C17H27N7O4. The highest BCUT2D eigenvalue weighted by Crippen LogP contribution is 2.26. The second kappa shape index (κ2) is 9.11. The number of β-amino-alcohol motifs (C(OH)–C–C–N with tert-alkyl or cyclic N) is 1. The van der Waals surface area contributed by atoms with Crippen LogP contribution in [0.2, 0.25) is 0 Å². The van der Waals surface area contributed by atoms with Crippen molar-refractivity contribution in [3.63, 3.8) is 0 Å². The van der Waals surface area contributed by atoms with Crippen LogP contribution < -0.4 is 16.4 Å². The van der Waals surface area contributed by atoms with E-state index in [1.807, 2.05) is 0 Å². The quantitative estimate of drug-likeness (QED) is 0.378. The maximum Gasteiger partial charge on any atom is 0.329 e. The lowest BCUT2D eigenvalue weighted by Crippen LogP contribution is -2.34. The number of aliphatic hydroxyl groups is 1. The van der Waals surface area contributed by atoms with Gasteiger partial charge in [-0.25, -0.2) is 4.98 Å². The number of hydrogen-bond acceptors (Lipinski definition) is 9. The zero-order valence-corrected chi connectivity index (χ0v) is 15.7. The van der Waals surface area contributed by atoms with Crippen molar-refractivity contribution < 1.29 is 14.8 Å². The van der Waals surface area contributed by atoms with Gasteiger partial charge in [0.05, 0.1) is 17.6 Å². The minimum absolute atomic E-state index is 0.0372. The summed E-state index contributed by atoms with van der Waals surface area (Å²) in [5.74, 6) is 0.508. The maximum atomic E-state index is 12.1. The van der Waals surface area contributed by atoms with Crippen molar-refractivity contribution in [3.8, 4) is 0 Å². The second-order valence-electron chi connectivity index (χ2n) is 7.48. The van der Waals surface area contributed by atoms with Gasteiger partial charge >= 0.3 is 5.69 Å². The molecule has 0 radical (unpaired) electrons. The smallest absolute Gasteiger partial charge is 0.329 e. The van der Waals surface area contributed by atoms with Crippen molar-refractivity contribution in [2.45, 2.75) is 44.2 Å². The van der Waals surface area contributed by atoms with E-state index >= 15 is 0 Å². The largest absolute Gasteiger partial charge is 0.391 e. The summed E-state index contributed by atoms with van der Waals surface area (Å²) in [6.07, 6.45) is 5.10. The Morgan fingerprint density at radius 3 is 2.71 bits per heavy atom. The number of nitrogens with one attached hydrogen (secondary N) is 2. The van der Waals surface area contributed by atoms with Crippen molar-refractivity contribution >= 4 is 23.4 Å². The Hall–Kier alpha value is -2.53. The number of rotatable bonds is 7. The number of aromatic nitrogens is 2. The Labute approximate surface area is 162 Å². The predicted molar refractivity (Wildman–Crippen MR) is 103 cm³/mol. The number of likely N-dealkylation sites (tertiary alicyclic amines) is 1. The molecule has 0 bridgehead atoms. The third kappa shape index (κ3) is 5.26. The Morgan fingerprint density at radius 1 is 1.32 bits per heavy atom. The van der Waals surface area contributed by atoms with Crippen LogP contribution in [0.15, 0.2) is 6.20 Å². The Morgan fingerprint density at radius 2 is 2.07 bits per heavy atom. The van der Waals surface area contributed by atoms with Gasteiger partial charge in [0, 0.05) is 25.7 Å². The van der Waals surface area contributed by atoms with E-state index in [1.165, 1.54) is 0 Å². The summed E-state index contributed by atoms with van der Waals surface area (Å²) in [6, 6.07) is 0.245. The minimum atomic E-state index is -0.528. The molecule has 11 nitrogen and oxygen atoms in total. The number of nitrogens with zero attached hydrogens (tertiary/aromatic N) is 4. The number of carbonyl (C=O) groups is 1. The Kier molecular flexibility index (Phi) is 6.57. The number of nitrogens with two attached hydrogens (primary N) is 1. The number of amides is 1. The molecule has 3 rings (SSSR count). The van der Waals surface area contributed by atoms with Crippen molar-refractivity contribution in [3.05, 3.63) is 16.3 Å². The van der Waals surface area contributed by atoms with Crippen molar-refractivity contribution in [2.24, 2.45) is 11.7 Å². The lowest BCUT2D eigenvalue weighted by molar-refractivity contribution is -0.384. The van der Waals surface area contributed by atoms with Crippen LogP contribution >= 0.6 is 0 Å². The molecule has 0 aromatic carbocycles. The standard InChI is InChI=1S/C17H27N7O4/c18-12-3-1-11(2-4-12)7-19-16-14(24(27)28)8-20-17(22-16)21-9-15(26)23-6-5-13(25)10-23/h8,11-13,25H,1-7,9-10,18H2,(H2,19,20,21,22). The van der Waals surface area contributed by atoms with Gasteiger partial charge in [-0.1, -0.05) is 0 Å². The molecule has 1 saturated carbocycles. The van der Waals surface area contributed by atoms with Gasteiger partial charge in [-0.05, 0) is 38.0 Å². The predicted octanol–water partition coefficient (Wildman–Crippen LogP) is 0.319. The average molecular weight is 393 g/mol. The van der Waals surface area contributed by atoms with E-state index in [-0.39, 0.29) is 35.9 Å². The summed E-state index contributed by atoms with van der Waals surface area (Å²) in [4.78, 5) is 32.6. The first kappa shape index (κ1) is 20.2. The van der Waals surface area contributed by atoms with Gasteiger partial charge in [0.25, 0.3) is 0 Å². The average Bonchev–Trinajstić information content (AvgIpc) is 3.12. The molecule has 1 amide bonds. The number of hydrogen-bond donors (Lipinski definition) is 4. The monoisotopic (exact) mass is 393 g/mol. The highest BCUT2D eigenvalue weighted by atomic mass is 16.6. The molecule has 1 atom stereocenters. The third-order valence-electron chi connectivity index (χ3n) is 5.33. The van der Waals surface area contributed by atoms with E-state index in [4.69, 9.17) is 5.73 Å². The molecule has 11 heteroatoms. The number of aliphatic hydroxyl groups excluding tert-OH is 1. The molecule has 0 spiro atoms. The van der Waals surface area contributed by atoms with E-state index in [0.717, 1.165) is 31.9 Å². The topological polar surface area (TPSA) is 160 Å². The highest BCUT2D eigenvalue weighted by molar-refractivity contribution is 5.80. The fraction of sp³-hybridized carbons (Fsp3) is 0.706. The molecular weight excluding hydrogens is 366 g/mol. The summed E-state index contributed by atoms with van der Waals surface area (Å²) in [5, 5.41) is 26.7. The van der Waals surface area contributed by atoms with Gasteiger partial charge in [-0.2, -0.15) is 4.98 Å². The van der Waals surface area contributed by atoms with Crippen LogP contribution in [0.5, 0.6) is 0 Å². The van der Waals surface area contributed by atoms with Crippen LogP contribution in [0.3, 0.4) is 0 Å². The van der Waals surface area contributed by atoms with Crippen molar-refractivity contribution in [1.82, 2.24) is 14.9 Å². The molecule has 28 heavy (non-hydrogen) atoms. The SMILES string of the molecule is NC1CCC(CNc2nc(NCC(=O)N3CCC(O)C3)ncc2[N+](=O)[O-])CC1. The molecule has 1 aliphatic carbocycles. The van der Waals surface area contributed by atoms with Crippen molar-refractivity contribution in [1.29, 1.82) is 0 Å². The zero-order chi connectivity index (χ0) is 20.1. The summed E-state index contributed by atoms with van der Waals surface area (Å²) < 4.78 is 0. The number of anilines is 2. The molecule has 2 heterocycles. The van der Waals surface area contributed by atoms with Crippen LogP contribution in [-0.4, -0.2) is 69.1 Å². The van der Waals surface area contributed by atoms with E-state index in [9.17, 15) is 20.0 Å². The molecule has 1 aliphatic heterocycles. The lowest BCUT2D eigenvalue weighted by atomic mass is 9.86. The summed E-state index contributed by atoms with van der Waals surface area (Å²) in [6.45, 7) is 1.37. The molecule has 1 aromatic heterocycles. The van der Waals surface area contributed by atoms with Gasteiger partial charge in [-0.15, -0.1) is 0 Å². The summed E-state index contributed by atoms with van der Waals surface area (Å²) >= 11 is 0. The molecule has 154 valence electrons. The fourth-order valence-electron chi connectivity index (χ4n) is 3.59. The first-order valence-electron chi connectivity index (χ1n) is 9.63. The highest BCUT2D eigenvalue weighted by Gasteiger charge is 2.25. The first-order valence-corrected chi connectivity index (χ1v) is 9.63. The third-order valence-corrected chi connectivity index (χ3v) is 5.33. The Balaban J connectivity index is 1.59. The van der Waals surface area contributed by atoms with Crippen LogP contribution in [0, 0.1) is 16.0 Å². The van der Waals surface area contributed by atoms with E-state index < -0.39 is 11.0 Å². The van der Waals surface area contributed by atoms with Crippen molar-refractivity contribution in [2.75, 3.05) is 36.8 Å². The van der Waals surface area contributed by atoms with Gasteiger partial charge in [0.1, 0.15) is 6.20 Å². The van der Waals surface area contributed by atoms with Crippen LogP contribution in [0.4, 0.5) is 17.5 Å². The van der Waals surface area contributed by atoms with E-state index in [1.54, 1.807) is 4.90 Å². The van der Waals surface area contributed by atoms with Gasteiger partial charge < -0.3 is 26.4 Å². The summed E-state index contributed by atoms with van der Waals surface area (Å²) in [7, 11) is 0. The first-order chi connectivity index (χ1) is 13.4.